The smallest absolute Gasteiger partial charge is 0.272 e. The maximum Gasteiger partial charge on any atom is 0.272 e. The van der Waals surface area contributed by atoms with Crippen molar-refractivity contribution in [2.45, 2.75) is 19.8 Å². The summed E-state index contributed by atoms with van der Waals surface area (Å²) in [6.45, 7) is 3.86. The molecule has 1 aromatic heterocycles. The van der Waals surface area contributed by atoms with E-state index in [2.05, 4.69) is 17.2 Å². The number of pyridine rings is 1. The van der Waals surface area contributed by atoms with Crippen LogP contribution in [-0.2, 0) is 0 Å². The van der Waals surface area contributed by atoms with Crippen LogP contribution in [0.2, 0.25) is 0 Å². The molecule has 0 unspecified atom stereocenters. The highest BCUT2D eigenvalue weighted by atomic mass is 16.5. The molecule has 24 heavy (non-hydrogen) atoms. The number of aromatic nitrogens is 1. The summed E-state index contributed by atoms with van der Waals surface area (Å²) in [6, 6.07) is 11.3. The molecular formula is C19H23N3O2. The SMILES string of the molecule is COc1ccccc1Nc1ccnc(C(=O)N2CCC(C)CC2)c1. The molecule has 1 aliphatic rings. The van der Waals surface area contributed by atoms with Gasteiger partial charge in [0.25, 0.3) is 5.91 Å². The van der Waals surface area contributed by atoms with Crippen molar-refractivity contribution in [1.82, 2.24) is 9.88 Å². The predicted octanol–water partition coefficient (Wildman–Crippen LogP) is 3.71. The Morgan fingerprint density at radius 1 is 1.25 bits per heavy atom. The first kappa shape index (κ1) is 16.3. The van der Waals surface area contributed by atoms with Gasteiger partial charge in [-0.15, -0.1) is 0 Å². The first-order valence-electron chi connectivity index (χ1n) is 8.32. The van der Waals surface area contributed by atoms with Gasteiger partial charge in [-0.25, -0.2) is 0 Å². The Labute approximate surface area is 142 Å². The number of hydrogen-bond acceptors (Lipinski definition) is 4. The number of para-hydroxylation sites is 2. The van der Waals surface area contributed by atoms with Crippen LogP contribution in [0.3, 0.4) is 0 Å². The third-order valence-electron chi connectivity index (χ3n) is 4.44. The van der Waals surface area contributed by atoms with E-state index in [-0.39, 0.29) is 5.91 Å². The molecule has 2 heterocycles. The van der Waals surface area contributed by atoms with Crippen molar-refractivity contribution >= 4 is 17.3 Å². The maximum atomic E-state index is 12.6. The van der Waals surface area contributed by atoms with Gasteiger partial charge in [-0.1, -0.05) is 19.1 Å². The number of likely N-dealkylation sites (tertiary alicyclic amines) is 1. The van der Waals surface area contributed by atoms with Crippen LogP contribution >= 0.6 is 0 Å². The van der Waals surface area contributed by atoms with E-state index in [9.17, 15) is 4.79 Å². The summed E-state index contributed by atoms with van der Waals surface area (Å²) < 4.78 is 5.35. The molecule has 1 aliphatic heterocycles. The molecule has 1 amide bonds. The fourth-order valence-electron chi connectivity index (χ4n) is 2.90. The first-order chi connectivity index (χ1) is 11.7. The molecule has 1 saturated heterocycles. The first-order valence-corrected chi connectivity index (χ1v) is 8.32. The third kappa shape index (κ3) is 3.67. The van der Waals surface area contributed by atoms with E-state index >= 15 is 0 Å². The van der Waals surface area contributed by atoms with Gasteiger partial charge in [-0.2, -0.15) is 0 Å². The Morgan fingerprint density at radius 3 is 2.75 bits per heavy atom. The molecule has 0 bridgehead atoms. The van der Waals surface area contributed by atoms with Gasteiger partial charge in [0, 0.05) is 25.0 Å². The zero-order valence-corrected chi connectivity index (χ0v) is 14.2. The number of methoxy groups -OCH3 is 1. The fourth-order valence-corrected chi connectivity index (χ4v) is 2.90. The Balaban J connectivity index is 1.75. The Kier molecular flexibility index (Phi) is 4.99. The molecule has 126 valence electrons. The second-order valence-corrected chi connectivity index (χ2v) is 6.23. The van der Waals surface area contributed by atoms with Crippen LogP contribution in [0, 0.1) is 5.92 Å². The molecule has 0 aliphatic carbocycles. The monoisotopic (exact) mass is 325 g/mol. The molecule has 0 spiro atoms. The van der Waals surface area contributed by atoms with Gasteiger partial charge < -0.3 is 15.0 Å². The van der Waals surface area contributed by atoms with Gasteiger partial charge in [0.05, 0.1) is 12.8 Å². The average molecular weight is 325 g/mol. The lowest BCUT2D eigenvalue weighted by Crippen LogP contribution is -2.38. The lowest BCUT2D eigenvalue weighted by molar-refractivity contribution is 0.0691. The number of piperidine rings is 1. The van der Waals surface area contributed by atoms with Crippen LogP contribution in [0.5, 0.6) is 5.75 Å². The summed E-state index contributed by atoms with van der Waals surface area (Å²) in [6.07, 6.45) is 3.79. The zero-order valence-electron chi connectivity index (χ0n) is 14.2. The topological polar surface area (TPSA) is 54.5 Å². The molecule has 2 aromatic rings. The number of nitrogens with one attached hydrogen (secondary N) is 1. The van der Waals surface area contributed by atoms with Gasteiger partial charge in [0.1, 0.15) is 11.4 Å². The minimum Gasteiger partial charge on any atom is -0.495 e. The molecule has 0 radical (unpaired) electrons. The van der Waals surface area contributed by atoms with E-state index in [1.807, 2.05) is 35.2 Å². The van der Waals surface area contributed by atoms with E-state index in [1.165, 1.54) is 0 Å². The molecular weight excluding hydrogens is 302 g/mol. The highest BCUT2D eigenvalue weighted by Gasteiger charge is 2.22. The summed E-state index contributed by atoms with van der Waals surface area (Å²) in [5, 5.41) is 3.29. The van der Waals surface area contributed by atoms with Crippen molar-refractivity contribution in [3.05, 3.63) is 48.3 Å². The molecule has 1 fully saturated rings. The largest absolute Gasteiger partial charge is 0.495 e. The van der Waals surface area contributed by atoms with Crippen LogP contribution in [0.25, 0.3) is 0 Å². The van der Waals surface area contributed by atoms with Gasteiger partial charge >= 0.3 is 0 Å². The van der Waals surface area contributed by atoms with Crippen LogP contribution in [0.1, 0.15) is 30.3 Å². The van der Waals surface area contributed by atoms with Crippen molar-refractivity contribution in [2.75, 3.05) is 25.5 Å². The molecule has 0 saturated carbocycles. The summed E-state index contributed by atoms with van der Waals surface area (Å²) in [5.41, 5.74) is 2.16. The number of hydrogen-bond donors (Lipinski definition) is 1. The van der Waals surface area contributed by atoms with Crippen molar-refractivity contribution in [3.8, 4) is 5.75 Å². The maximum absolute atomic E-state index is 12.6. The Hall–Kier alpha value is -2.56. The van der Waals surface area contributed by atoms with Crippen LogP contribution in [-0.4, -0.2) is 36.0 Å². The standard InChI is InChI=1S/C19H23N3O2/c1-14-8-11-22(12-9-14)19(23)17-13-15(7-10-20-17)21-16-5-3-4-6-18(16)24-2/h3-7,10,13-14H,8-9,11-12H2,1-2H3,(H,20,21). The quantitative estimate of drug-likeness (QED) is 0.931. The number of ether oxygens (including phenoxy) is 1. The molecule has 5 heteroatoms. The van der Waals surface area contributed by atoms with Crippen molar-refractivity contribution in [3.63, 3.8) is 0 Å². The lowest BCUT2D eigenvalue weighted by atomic mass is 9.99. The number of nitrogens with zero attached hydrogens (tertiary/aromatic N) is 2. The van der Waals surface area contributed by atoms with Crippen molar-refractivity contribution in [1.29, 1.82) is 0 Å². The van der Waals surface area contributed by atoms with Crippen molar-refractivity contribution in [2.24, 2.45) is 5.92 Å². The second-order valence-electron chi connectivity index (χ2n) is 6.23. The molecule has 5 nitrogen and oxygen atoms in total. The second kappa shape index (κ2) is 7.34. The highest BCUT2D eigenvalue weighted by Crippen LogP contribution is 2.27. The lowest BCUT2D eigenvalue weighted by Gasteiger charge is -2.30. The Morgan fingerprint density at radius 2 is 2.00 bits per heavy atom. The Bertz CT molecular complexity index is 709. The fraction of sp³-hybridized carbons (Fsp3) is 0.368. The number of anilines is 2. The molecule has 1 aromatic carbocycles. The molecule has 0 atom stereocenters. The minimum absolute atomic E-state index is 0.00516. The summed E-state index contributed by atoms with van der Waals surface area (Å²) in [7, 11) is 1.64. The summed E-state index contributed by atoms with van der Waals surface area (Å²) in [4.78, 5) is 18.8. The number of rotatable bonds is 4. The average Bonchev–Trinajstić information content (AvgIpc) is 2.62. The third-order valence-corrected chi connectivity index (χ3v) is 4.44. The van der Waals surface area contributed by atoms with Gasteiger partial charge in [-0.3, -0.25) is 9.78 Å². The normalized spacial score (nSPS) is 15.2. The van der Waals surface area contributed by atoms with Gasteiger partial charge in [0.2, 0.25) is 0 Å². The van der Waals surface area contributed by atoms with Gasteiger partial charge in [-0.05, 0) is 43.0 Å². The van der Waals surface area contributed by atoms with Crippen molar-refractivity contribution < 1.29 is 9.53 Å². The van der Waals surface area contributed by atoms with E-state index in [1.54, 1.807) is 19.4 Å². The zero-order chi connectivity index (χ0) is 16.9. The highest BCUT2D eigenvalue weighted by molar-refractivity contribution is 5.93. The van der Waals surface area contributed by atoms with E-state index in [4.69, 9.17) is 4.74 Å². The number of benzene rings is 1. The molecule has 3 rings (SSSR count). The summed E-state index contributed by atoms with van der Waals surface area (Å²) >= 11 is 0. The number of amides is 1. The van der Waals surface area contributed by atoms with Crippen LogP contribution in [0.15, 0.2) is 42.6 Å². The van der Waals surface area contributed by atoms with Crippen LogP contribution in [0.4, 0.5) is 11.4 Å². The predicted molar refractivity (Wildman–Crippen MR) is 94.8 cm³/mol. The summed E-state index contributed by atoms with van der Waals surface area (Å²) in [5.74, 6) is 1.46. The molecule has 1 N–H and O–H groups in total. The van der Waals surface area contributed by atoms with E-state index in [0.29, 0.717) is 11.6 Å². The van der Waals surface area contributed by atoms with Gasteiger partial charge in [0.15, 0.2) is 0 Å². The van der Waals surface area contributed by atoms with E-state index < -0.39 is 0 Å². The number of carbonyl (C=O) groups is 1. The van der Waals surface area contributed by atoms with Crippen LogP contribution < -0.4 is 10.1 Å². The minimum atomic E-state index is 0.00516. The van der Waals surface area contributed by atoms with E-state index in [0.717, 1.165) is 43.1 Å². The number of carbonyl (C=O) groups excluding carboxylic acids is 1.